The molecule has 4 aromatic rings. The van der Waals surface area contributed by atoms with Gasteiger partial charge in [-0.2, -0.15) is 0 Å². The van der Waals surface area contributed by atoms with Crippen molar-refractivity contribution in [3.63, 3.8) is 0 Å². The average Bonchev–Trinajstić information content (AvgIpc) is 2.88. The van der Waals surface area contributed by atoms with Gasteiger partial charge < -0.3 is 11.5 Å². The van der Waals surface area contributed by atoms with Crippen LogP contribution in [0.3, 0.4) is 0 Å². The molecule has 1 amide bonds. The second kappa shape index (κ2) is 5.65. The number of carbonyl (C=O) groups is 1. The maximum atomic E-state index is 11.6. The van der Waals surface area contributed by atoms with Gasteiger partial charge in [0.05, 0.1) is 26.8 Å². The Kier molecular flexibility index (Phi) is 3.56. The van der Waals surface area contributed by atoms with Crippen LogP contribution in [0.1, 0.15) is 10.4 Å². The van der Waals surface area contributed by atoms with E-state index < -0.39 is 5.91 Å². The minimum absolute atomic E-state index is 0.0623. The zero-order valence-electron chi connectivity index (χ0n) is 12.8. The lowest BCUT2D eigenvalue weighted by Crippen LogP contribution is -2.14. The highest BCUT2D eigenvalue weighted by molar-refractivity contribution is 6.38. The molecule has 0 fully saturated rings. The van der Waals surface area contributed by atoms with Crippen LogP contribution in [0, 0.1) is 0 Å². The highest BCUT2D eigenvalue weighted by atomic mass is 35.5. The van der Waals surface area contributed by atoms with Gasteiger partial charge in [-0.25, -0.2) is 4.98 Å². The Morgan fingerprint density at radius 3 is 2.36 bits per heavy atom. The van der Waals surface area contributed by atoms with E-state index in [0.717, 1.165) is 16.3 Å². The van der Waals surface area contributed by atoms with Crippen molar-refractivity contribution in [3.05, 3.63) is 64.1 Å². The van der Waals surface area contributed by atoms with Gasteiger partial charge in [0.15, 0.2) is 0 Å². The fourth-order valence-electron chi connectivity index (χ4n) is 3.02. The Balaban J connectivity index is 2.24. The molecular weight excluding hydrogens is 359 g/mol. The molecule has 0 aliphatic carbocycles. The molecule has 25 heavy (non-hydrogen) atoms. The number of halogens is 2. The Bertz CT molecular complexity index is 1150. The molecule has 0 saturated heterocycles. The number of amides is 1. The first-order valence-corrected chi connectivity index (χ1v) is 8.18. The Morgan fingerprint density at radius 1 is 1.00 bits per heavy atom. The fourth-order valence-corrected chi connectivity index (χ4v) is 3.59. The number of fused-ring (bicyclic) bond motifs is 3. The second-order valence-corrected chi connectivity index (χ2v) is 6.39. The summed E-state index contributed by atoms with van der Waals surface area (Å²) in [6, 6.07) is 14.6. The molecule has 0 saturated carbocycles. The number of benzene rings is 2. The Hall–Kier alpha value is -2.76. The summed E-state index contributed by atoms with van der Waals surface area (Å²) in [5.74, 6) is -0.563. The van der Waals surface area contributed by atoms with Crippen molar-refractivity contribution in [1.82, 2.24) is 9.55 Å². The quantitative estimate of drug-likeness (QED) is 0.555. The monoisotopic (exact) mass is 370 g/mol. The van der Waals surface area contributed by atoms with Crippen molar-refractivity contribution >= 4 is 56.9 Å². The van der Waals surface area contributed by atoms with Crippen molar-refractivity contribution in [1.29, 1.82) is 0 Å². The third-order valence-corrected chi connectivity index (χ3v) is 4.72. The molecule has 4 N–H and O–H groups in total. The molecule has 0 spiro atoms. The number of pyridine rings is 1. The number of para-hydroxylation sites is 2. The molecule has 0 aliphatic heterocycles. The first-order valence-electron chi connectivity index (χ1n) is 7.43. The van der Waals surface area contributed by atoms with E-state index in [1.54, 1.807) is 24.3 Å². The number of hydrogen-bond donors (Lipinski definition) is 2. The molecule has 0 aliphatic rings. The van der Waals surface area contributed by atoms with Crippen LogP contribution in [-0.2, 0) is 0 Å². The topological polar surface area (TPSA) is 86.9 Å². The molecule has 0 unspecified atom stereocenters. The zero-order valence-corrected chi connectivity index (χ0v) is 14.3. The van der Waals surface area contributed by atoms with Crippen molar-refractivity contribution in [3.8, 4) is 5.69 Å². The number of primary amides is 1. The number of nitrogen functional groups attached to an aromatic ring is 1. The second-order valence-electron chi connectivity index (χ2n) is 5.58. The van der Waals surface area contributed by atoms with Crippen LogP contribution >= 0.6 is 23.2 Å². The molecule has 7 heteroatoms. The van der Waals surface area contributed by atoms with Crippen LogP contribution in [-0.4, -0.2) is 15.5 Å². The van der Waals surface area contributed by atoms with Crippen LogP contribution in [0.15, 0.2) is 48.5 Å². The summed E-state index contributed by atoms with van der Waals surface area (Å²) in [6.45, 7) is 0. The van der Waals surface area contributed by atoms with Crippen LogP contribution in [0.5, 0.6) is 0 Å². The summed E-state index contributed by atoms with van der Waals surface area (Å²) in [5.41, 5.74) is 13.5. The fraction of sp³-hybridized carbons (Fsp3) is 0. The standard InChI is InChI=1S/C18H12Cl2N4O/c19-12-5-3-6-13(20)15(12)24-14-7-2-1-4-9(14)10-8-11(17(22)25)16(21)23-18(10)24/h1-8H,(H2,21,23)(H2,22,25). The minimum atomic E-state index is -0.625. The summed E-state index contributed by atoms with van der Waals surface area (Å²) < 4.78 is 1.84. The van der Waals surface area contributed by atoms with E-state index in [1.165, 1.54) is 0 Å². The van der Waals surface area contributed by atoms with Gasteiger partial charge in [-0.3, -0.25) is 9.36 Å². The van der Waals surface area contributed by atoms with E-state index in [9.17, 15) is 4.79 Å². The predicted octanol–water partition coefficient (Wildman–Crippen LogP) is 4.17. The third-order valence-electron chi connectivity index (χ3n) is 4.11. The maximum absolute atomic E-state index is 11.6. The van der Waals surface area contributed by atoms with Crippen LogP contribution in [0.25, 0.3) is 27.6 Å². The number of aromatic nitrogens is 2. The predicted molar refractivity (Wildman–Crippen MR) is 102 cm³/mol. The van der Waals surface area contributed by atoms with Crippen LogP contribution in [0.2, 0.25) is 10.0 Å². The van der Waals surface area contributed by atoms with E-state index in [-0.39, 0.29) is 11.4 Å². The van der Waals surface area contributed by atoms with E-state index in [1.807, 2.05) is 28.8 Å². The molecule has 2 aromatic heterocycles. The first kappa shape index (κ1) is 15.7. The molecule has 5 nitrogen and oxygen atoms in total. The number of carbonyl (C=O) groups excluding carboxylic acids is 1. The van der Waals surface area contributed by atoms with Gasteiger partial charge in [-0.15, -0.1) is 0 Å². The van der Waals surface area contributed by atoms with Crippen molar-refractivity contribution in [2.45, 2.75) is 0 Å². The highest BCUT2D eigenvalue weighted by Crippen LogP contribution is 2.37. The Labute approximate surface area is 152 Å². The number of anilines is 1. The smallest absolute Gasteiger partial charge is 0.252 e. The van der Waals surface area contributed by atoms with Crippen molar-refractivity contribution < 1.29 is 4.79 Å². The highest BCUT2D eigenvalue weighted by Gasteiger charge is 2.20. The van der Waals surface area contributed by atoms with E-state index in [0.29, 0.717) is 21.4 Å². The Morgan fingerprint density at radius 2 is 1.68 bits per heavy atom. The average molecular weight is 371 g/mol. The molecular formula is C18H12Cl2N4O. The normalized spacial score (nSPS) is 11.3. The summed E-state index contributed by atoms with van der Waals surface area (Å²) in [5, 5.41) is 2.60. The SMILES string of the molecule is NC(=O)c1cc2c3ccccc3n(-c3c(Cl)cccc3Cl)c2nc1N. The summed E-state index contributed by atoms with van der Waals surface area (Å²) >= 11 is 12.8. The van der Waals surface area contributed by atoms with E-state index in [2.05, 4.69) is 4.98 Å². The number of rotatable bonds is 2. The zero-order chi connectivity index (χ0) is 17.7. The lowest BCUT2D eigenvalue weighted by Gasteiger charge is -2.11. The summed E-state index contributed by atoms with van der Waals surface area (Å²) in [7, 11) is 0. The lowest BCUT2D eigenvalue weighted by atomic mass is 10.1. The van der Waals surface area contributed by atoms with E-state index in [4.69, 9.17) is 34.7 Å². The largest absolute Gasteiger partial charge is 0.383 e. The molecule has 2 heterocycles. The molecule has 4 rings (SSSR count). The van der Waals surface area contributed by atoms with Crippen molar-refractivity contribution in [2.24, 2.45) is 5.73 Å². The first-order chi connectivity index (χ1) is 12.0. The van der Waals surface area contributed by atoms with Gasteiger partial charge in [-0.1, -0.05) is 47.5 Å². The van der Waals surface area contributed by atoms with E-state index >= 15 is 0 Å². The molecule has 2 aromatic carbocycles. The van der Waals surface area contributed by atoms with Gasteiger partial charge in [0.2, 0.25) is 0 Å². The molecule has 0 bridgehead atoms. The number of nitrogens with zero attached hydrogens (tertiary/aromatic N) is 2. The third kappa shape index (κ3) is 2.32. The van der Waals surface area contributed by atoms with Gasteiger partial charge in [0.25, 0.3) is 5.91 Å². The number of nitrogens with two attached hydrogens (primary N) is 2. The minimum Gasteiger partial charge on any atom is -0.383 e. The number of hydrogen-bond acceptors (Lipinski definition) is 3. The lowest BCUT2D eigenvalue weighted by molar-refractivity contribution is 0.100. The summed E-state index contributed by atoms with van der Waals surface area (Å²) in [6.07, 6.45) is 0. The molecule has 0 radical (unpaired) electrons. The van der Waals surface area contributed by atoms with Crippen LogP contribution in [0.4, 0.5) is 5.82 Å². The molecule has 0 atom stereocenters. The van der Waals surface area contributed by atoms with Crippen molar-refractivity contribution in [2.75, 3.05) is 5.73 Å². The van der Waals surface area contributed by atoms with Gasteiger partial charge >= 0.3 is 0 Å². The van der Waals surface area contributed by atoms with Gasteiger partial charge in [0.1, 0.15) is 11.5 Å². The van der Waals surface area contributed by atoms with Gasteiger partial charge in [0, 0.05) is 10.8 Å². The van der Waals surface area contributed by atoms with Gasteiger partial charge in [-0.05, 0) is 24.3 Å². The maximum Gasteiger partial charge on any atom is 0.252 e. The summed E-state index contributed by atoms with van der Waals surface area (Å²) in [4.78, 5) is 16.1. The van der Waals surface area contributed by atoms with Crippen LogP contribution < -0.4 is 11.5 Å². The molecule has 124 valence electrons.